The maximum atomic E-state index is 3.30. The number of likely N-dealkylation sites (N-methyl/N-ethyl adjacent to an activating group) is 1. The number of nitrogens with one attached hydrogen (secondary N) is 1. The lowest BCUT2D eigenvalue weighted by Gasteiger charge is -2.25. The van der Waals surface area contributed by atoms with E-state index in [-0.39, 0.29) is 0 Å². The van der Waals surface area contributed by atoms with Gasteiger partial charge in [-0.25, -0.2) is 0 Å². The molecule has 14 heavy (non-hydrogen) atoms. The molecule has 1 aliphatic carbocycles. The molecule has 2 nitrogen and oxygen atoms in total. The van der Waals surface area contributed by atoms with E-state index in [2.05, 4.69) is 31.1 Å². The summed E-state index contributed by atoms with van der Waals surface area (Å²) in [5.74, 6) is 1.97. The smallest absolute Gasteiger partial charge is 0.0190 e. The van der Waals surface area contributed by atoms with Gasteiger partial charge in [0.05, 0.1) is 0 Å². The van der Waals surface area contributed by atoms with Crippen LogP contribution in [0.5, 0.6) is 0 Å². The molecular formula is C12H22N2. The Hall–Kier alpha value is -0.340. The van der Waals surface area contributed by atoms with Gasteiger partial charge >= 0.3 is 0 Å². The minimum atomic E-state index is 0.982. The van der Waals surface area contributed by atoms with Gasteiger partial charge in [0.2, 0.25) is 0 Å². The molecule has 1 saturated heterocycles. The highest BCUT2D eigenvalue weighted by molar-refractivity contribution is 5.22. The van der Waals surface area contributed by atoms with Crippen LogP contribution in [0, 0.1) is 11.8 Å². The fraction of sp³-hybridized carbons (Fsp3) is 0.833. The summed E-state index contributed by atoms with van der Waals surface area (Å²) in [6.07, 6.45) is 1.45. The van der Waals surface area contributed by atoms with Crippen LogP contribution in [0.2, 0.25) is 0 Å². The Morgan fingerprint density at radius 3 is 2.57 bits per heavy atom. The molecule has 1 saturated carbocycles. The van der Waals surface area contributed by atoms with E-state index in [9.17, 15) is 0 Å². The summed E-state index contributed by atoms with van der Waals surface area (Å²) < 4.78 is 0. The van der Waals surface area contributed by atoms with Crippen molar-refractivity contribution < 1.29 is 0 Å². The first-order valence-electron chi connectivity index (χ1n) is 5.73. The van der Waals surface area contributed by atoms with Gasteiger partial charge in [-0.3, -0.25) is 0 Å². The summed E-state index contributed by atoms with van der Waals surface area (Å²) >= 11 is 0. The van der Waals surface area contributed by atoms with Crippen molar-refractivity contribution in [1.29, 1.82) is 0 Å². The van der Waals surface area contributed by atoms with Crippen LogP contribution < -0.4 is 5.32 Å². The average Bonchev–Trinajstić information content (AvgIpc) is 2.60. The lowest BCUT2D eigenvalue weighted by atomic mass is 10.0. The van der Waals surface area contributed by atoms with Gasteiger partial charge in [0.15, 0.2) is 0 Å². The topological polar surface area (TPSA) is 15.3 Å². The summed E-state index contributed by atoms with van der Waals surface area (Å²) in [6, 6.07) is 0. The molecule has 80 valence electrons. The third-order valence-electron chi connectivity index (χ3n) is 3.61. The van der Waals surface area contributed by atoms with E-state index in [0.717, 1.165) is 24.9 Å². The van der Waals surface area contributed by atoms with Crippen LogP contribution in [0.3, 0.4) is 0 Å². The molecule has 2 rings (SSSR count). The maximum Gasteiger partial charge on any atom is 0.0190 e. The van der Waals surface area contributed by atoms with Crippen molar-refractivity contribution in [3.05, 3.63) is 11.1 Å². The van der Waals surface area contributed by atoms with Gasteiger partial charge in [-0.15, -0.1) is 0 Å². The monoisotopic (exact) mass is 194 g/mol. The molecule has 1 N–H and O–H groups in total. The zero-order valence-corrected chi connectivity index (χ0v) is 9.64. The highest BCUT2D eigenvalue weighted by Crippen LogP contribution is 2.38. The van der Waals surface area contributed by atoms with Crippen LogP contribution in [0.15, 0.2) is 11.1 Å². The Balaban J connectivity index is 1.73. The highest BCUT2D eigenvalue weighted by Gasteiger charge is 2.33. The molecule has 0 aromatic rings. The van der Waals surface area contributed by atoms with E-state index in [1.165, 1.54) is 19.5 Å². The molecule has 2 aliphatic rings. The van der Waals surface area contributed by atoms with Crippen molar-refractivity contribution in [2.24, 2.45) is 11.8 Å². The molecule has 1 aliphatic heterocycles. The highest BCUT2D eigenvalue weighted by atomic mass is 15.1. The van der Waals surface area contributed by atoms with Crippen LogP contribution in [0.1, 0.15) is 20.3 Å². The van der Waals surface area contributed by atoms with Gasteiger partial charge in [0.1, 0.15) is 0 Å². The maximum absolute atomic E-state index is 3.30. The second-order valence-electron chi connectivity index (χ2n) is 5.16. The zero-order valence-electron chi connectivity index (χ0n) is 9.64. The van der Waals surface area contributed by atoms with E-state index in [1.54, 1.807) is 11.1 Å². The van der Waals surface area contributed by atoms with Gasteiger partial charge < -0.3 is 10.2 Å². The molecule has 0 aromatic carbocycles. The molecule has 0 radical (unpaired) electrons. The first-order valence-corrected chi connectivity index (χ1v) is 5.73. The summed E-state index contributed by atoms with van der Waals surface area (Å²) in [6.45, 7) is 9.35. The predicted octanol–water partition coefficient (Wildman–Crippen LogP) is 1.49. The first-order chi connectivity index (χ1) is 6.66. The van der Waals surface area contributed by atoms with Crippen LogP contribution in [0.25, 0.3) is 0 Å². The molecule has 0 amide bonds. The van der Waals surface area contributed by atoms with E-state index in [0.29, 0.717) is 0 Å². The molecular weight excluding hydrogens is 172 g/mol. The molecule has 0 bridgehead atoms. The van der Waals surface area contributed by atoms with Crippen LogP contribution in [-0.2, 0) is 0 Å². The second kappa shape index (κ2) is 4.03. The standard InChI is InChI=1S/C12H22N2/c1-9-4-11(9)8-14(3)7-10(2)12-5-13-6-12/h9,11,13H,4-8H2,1-3H3. The van der Waals surface area contributed by atoms with Gasteiger partial charge in [0, 0.05) is 26.2 Å². The SMILES string of the molecule is CC(CN(C)CC1CC1C)=C1CNC1. The second-order valence-corrected chi connectivity index (χ2v) is 5.16. The van der Waals surface area contributed by atoms with Gasteiger partial charge in [-0.2, -0.15) is 0 Å². The Kier molecular flexibility index (Phi) is 2.93. The Labute approximate surface area is 87.4 Å². The quantitative estimate of drug-likeness (QED) is 0.682. The first kappa shape index (κ1) is 10.2. The van der Waals surface area contributed by atoms with Crippen molar-refractivity contribution in [3.63, 3.8) is 0 Å². The van der Waals surface area contributed by atoms with Crippen LogP contribution in [-0.4, -0.2) is 38.1 Å². The minimum absolute atomic E-state index is 0.982. The van der Waals surface area contributed by atoms with Crippen LogP contribution in [0.4, 0.5) is 0 Å². The minimum Gasteiger partial charge on any atom is -0.309 e. The fourth-order valence-corrected chi connectivity index (χ4v) is 2.19. The van der Waals surface area contributed by atoms with Crippen molar-refractivity contribution in [2.45, 2.75) is 20.3 Å². The van der Waals surface area contributed by atoms with Crippen molar-refractivity contribution in [3.8, 4) is 0 Å². The number of rotatable bonds is 4. The Bertz CT molecular complexity index is 239. The molecule has 2 atom stereocenters. The molecule has 0 aromatic heterocycles. The number of hydrogen-bond acceptors (Lipinski definition) is 2. The molecule has 0 spiro atoms. The molecule has 2 unspecified atom stereocenters. The Morgan fingerprint density at radius 2 is 2.14 bits per heavy atom. The van der Waals surface area contributed by atoms with Crippen molar-refractivity contribution in [1.82, 2.24) is 10.2 Å². The third-order valence-corrected chi connectivity index (χ3v) is 3.61. The average molecular weight is 194 g/mol. The summed E-state index contributed by atoms with van der Waals surface area (Å²) in [7, 11) is 2.25. The van der Waals surface area contributed by atoms with E-state index in [1.807, 2.05) is 0 Å². The lowest BCUT2D eigenvalue weighted by molar-refractivity contribution is 0.337. The number of hydrogen-bond donors (Lipinski definition) is 1. The van der Waals surface area contributed by atoms with Gasteiger partial charge in [-0.05, 0) is 37.8 Å². The van der Waals surface area contributed by atoms with Crippen molar-refractivity contribution >= 4 is 0 Å². The van der Waals surface area contributed by atoms with Crippen molar-refractivity contribution in [2.75, 3.05) is 33.2 Å². The normalized spacial score (nSPS) is 30.4. The molecule has 2 heteroatoms. The Morgan fingerprint density at radius 1 is 1.50 bits per heavy atom. The van der Waals surface area contributed by atoms with E-state index >= 15 is 0 Å². The third kappa shape index (κ3) is 2.37. The summed E-state index contributed by atoms with van der Waals surface area (Å²) in [5, 5.41) is 3.30. The zero-order chi connectivity index (χ0) is 10.1. The summed E-state index contributed by atoms with van der Waals surface area (Å²) in [4.78, 5) is 2.48. The fourth-order valence-electron chi connectivity index (χ4n) is 2.19. The lowest BCUT2D eigenvalue weighted by Crippen LogP contribution is -2.36. The van der Waals surface area contributed by atoms with Crippen LogP contribution >= 0.6 is 0 Å². The molecule has 2 fully saturated rings. The van der Waals surface area contributed by atoms with E-state index < -0.39 is 0 Å². The van der Waals surface area contributed by atoms with E-state index in [4.69, 9.17) is 0 Å². The number of nitrogens with zero attached hydrogens (tertiary/aromatic N) is 1. The largest absolute Gasteiger partial charge is 0.309 e. The molecule has 1 heterocycles. The predicted molar refractivity (Wildman–Crippen MR) is 60.3 cm³/mol. The van der Waals surface area contributed by atoms with Gasteiger partial charge in [-0.1, -0.05) is 12.5 Å². The summed E-state index contributed by atoms with van der Waals surface area (Å²) in [5.41, 5.74) is 3.21. The van der Waals surface area contributed by atoms with Gasteiger partial charge in [0.25, 0.3) is 0 Å².